The quantitative estimate of drug-likeness (QED) is 0.351. The number of nitro groups is 1. The summed E-state index contributed by atoms with van der Waals surface area (Å²) in [4.78, 5) is 34.1. The van der Waals surface area contributed by atoms with E-state index >= 15 is 0 Å². The summed E-state index contributed by atoms with van der Waals surface area (Å²) in [6.07, 6.45) is 1.03. The van der Waals surface area contributed by atoms with E-state index in [0.717, 1.165) is 12.5 Å². The third kappa shape index (κ3) is 6.82. The summed E-state index contributed by atoms with van der Waals surface area (Å²) < 4.78 is 5.41. The lowest BCUT2D eigenvalue weighted by Gasteiger charge is -2.12. The van der Waals surface area contributed by atoms with Gasteiger partial charge in [0.2, 0.25) is 0 Å². The molecule has 0 aliphatic carbocycles. The Morgan fingerprint density at radius 2 is 1.87 bits per heavy atom. The van der Waals surface area contributed by atoms with Crippen LogP contribution in [0.3, 0.4) is 0 Å². The van der Waals surface area contributed by atoms with Gasteiger partial charge in [0.1, 0.15) is 5.75 Å². The molecule has 0 aliphatic rings. The molecule has 1 atom stereocenters. The molecule has 2 aromatic rings. The van der Waals surface area contributed by atoms with E-state index in [1.807, 2.05) is 12.1 Å². The zero-order chi connectivity index (χ0) is 22.1. The van der Waals surface area contributed by atoms with Crippen molar-refractivity contribution in [2.75, 3.05) is 6.61 Å². The second-order valence-electron chi connectivity index (χ2n) is 6.43. The predicted octanol–water partition coefficient (Wildman–Crippen LogP) is 2.82. The zero-order valence-corrected chi connectivity index (χ0v) is 17.3. The fourth-order valence-electron chi connectivity index (χ4n) is 2.41. The minimum Gasteiger partial charge on any atom is -0.484 e. The summed E-state index contributed by atoms with van der Waals surface area (Å²) >= 11 is 4.93. The van der Waals surface area contributed by atoms with E-state index in [9.17, 15) is 19.7 Å². The molecule has 0 aliphatic heterocycles. The van der Waals surface area contributed by atoms with Crippen LogP contribution in [0, 0.1) is 10.1 Å². The molecule has 0 unspecified atom stereocenters. The smallest absolute Gasteiger partial charge is 0.276 e. The maximum Gasteiger partial charge on any atom is 0.276 e. The Morgan fingerprint density at radius 1 is 1.17 bits per heavy atom. The monoisotopic (exact) mass is 430 g/mol. The third-order valence-corrected chi connectivity index (χ3v) is 4.50. The Morgan fingerprint density at radius 3 is 2.50 bits per heavy atom. The number of carbonyl (C=O) groups excluding carboxylic acids is 2. The molecule has 0 saturated heterocycles. The maximum atomic E-state index is 12.1. The Hall–Kier alpha value is -3.53. The van der Waals surface area contributed by atoms with Crippen LogP contribution < -0.4 is 20.9 Å². The molecule has 0 aromatic heterocycles. The molecule has 0 saturated carbocycles. The lowest BCUT2D eigenvalue weighted by molar-refractivity contribution is -0.384. The van der Waals surface area contributed by atoms with Crippen molar-refractivity contribution >= 4 is 34.8 Å². The van der Waals surface area contributed by atoms with E-state index in [1.165, 1.54) is 23.8 Å². The molecule has 2 aromatic carbocycles. The van der Waals surface area contributed by atoms with Crippen molar-refractivity contribution in [3.05, 3.63) is 69.8 Å². The van der Waals surface area contributed by atoms with Crippen molar-refractivity contribution < 1.29 is 19.2 Å². The minimum atomic E-state index is -0.650. The number of carbonyl (C=O) groups is 2. The summed E-state index contributed by atoms with van der Waals surface area (Å²) in [5.41, 5.74) is 5.71. The molecule has 158 valence electrons. The van der Waals surface area contributed by atoms with Crippen LogP contribution in [0.2, 0.25) is 0 Å². The van der Waals surface area contributed by atoms with Crippen LogP contribution in [-0.4, -0.2) is 28.5 Å². The van der Waals surface area contributed by atoms with Gasteiger partial charge >= 0.3 is 0 Å². The SMILES string of the molecule is CC[C@@H](C)c1ccc(OCC(=O)NNC(=S)NC(=O)c2cccc([N+](=O)[O-])c2)cc1. The van der Waals surface area contributed by atoms with Crippen LogP contribution >= 0.6 is 12.2 Å². The average molecular weight is 430 g/mol. The van der Waals surface area contributed by atoms with Gasteiger partial charge in [-0.1, -0.05) is 32.0 Å². The van der Waals surface area contributed by atoms with E-state index in [1.54, 1.807) is 12.1 Å². The lowest BCUT2D eigenvalue weighted by atomic mass is 9.99. The average Bonchev–Trinajstić information content (AvgIpc) is 2.76. The number of amides is 2. The summed E-state index contributed by atoms with van der Waals surface area (Å²) in [6.45, 7) is 4.00. The first kappa shape index (κ1) is 22.8. The van der Waals surface area contributed by atoms with Crippen LogP contribution in [0.25, 0.3) is 0 Å². The van der Waals surface area contributed by atoms with Crippen molar-refractivity contribution in [3.63, 3.8) is 0 Å². The normalized spacial score (nSPS) is 11.1. The molecular formula is C20H22N4O5S. The first-order valence-electron chi connectivity index (χ1n) is 9.17. The Bertz CT molecular complexity index is 933. The Kier molecular flexibility index (Phi) is 8.24. The number of thiocarbonyl (C=S) groups is 1. The number of benzene rings is 2. The number of hydrogen-bond acceptors (Lipinski definition) is 6. The number of hydrazine groups is 1. The van der Waals surface area contributed by atoms with E-state index in [2.05, 4.69) is 30.0 Å². The van der Waals surface area contributed by atoms with Gasteiger partial charge in [-0.05, 0) is 48.3 Å². The van der Waals surface area contributed by atoms with Gasteiger partial charge in [0.25, 0.3) is 17.5 Å². The molecule has 10 heteroatoms. The third-order valence-electron chi connectivity index (χ3n) is 4.29. The van der Waals surface area contributed by atoms with Gasteiger partial charge in [0.15, 0.2) is 11.7 Å². The summed E-state index contributed by atoms with van der Waals surface area (Å²) in [6, 6.07) is 12.7. The molecule has 2 amide bonds. The van der Waals surface area contributed by atoms with E-state index in [0.29, 0.717) is 11.7 Å². The molecule has 0 fully saturated rings. The van der Waals surface area contributed by atoms with Gasteiger partial charge in [0.05, 0.1) is 4.92 Å². The first-order valence-corrected chi connectivity index (χ1v) is 9.58. The first-order chi connectivity index (χ1) is 14.3. The second kappa shape index (κ2) is 10.9. The van der Waals surface area contributed by atoms with Gasteiger partial charge in [-0.3, -0.25) is 35.9 Å². The van der Waals surface area contributed by atoms with Gasteiger partial charge < -0.3 is 4.74 Å². The molecule has 30 heavy (non-hydrogen) atoms. The summed E-state index contributed by atoms with van der Waals surface area (Å²) in [5, 5.41) is 12.9. The molecule has 2 rings (SSSR count). The molecule has 9 nitrogen and oxygen atoms in total. The fraction of sp³-hybridized carbons (Fsp3) is 0.250. The molecule has 3 N–H and O–H groups in total. The van der Waals surface area contributed by atoms with Gasteiger partial charge in [-0.2, -0.15) is 0 Å². The van der Waals surface area contributed by atoms with Crippen molar-refractivity contribution in [2.24, 2.45) is 0 Å². The van der Waals surface area contributed by atoms with Gasteiger partial charge in [-0.25, -0.2) is 0 Å². The second-order valence-corrected chi connectivity index (χ2v) is 6.84. The van der Waals surface area contributed by atoms with E-state index in [-0.39, 0.29) is 23.0 Å². The highest BCUT2D eigenvalue weighted by molar-refractivity contribution is 7.80. The number of ether oxygens (including phenoxy) is 1. The zero-order valence-electron chi connectivity index (χ0n) is 16.5. The summed E-state index contributed by atoms with van der Waals surface area (Å²) in [7, 11) is 0. The van der Waals surface area contributed by atoms with Crippen molar-refractivity contribution in [1.82, 2.24) is 16.2 Å². The summed E-state index contributed by atoms with van der Waals surface area (Å²) in [5.74, 6) is -0.153. The molecule has 0 heterocycles. The highest BCUT2D eigenvalue weighted by Crippen LogP contribution is 2.21. The van der Waals surface area contributed by atoms with Crippen LogP contribution in [-0.2, 0) is 4.79 Å². The van der Waals surface area contributed by atoms with E-state index in [4.69, 9.17) is 17.0 Å². The number of hydrogen-bond donors (Lipinski definition) is 3. The van der Waals surface area contributed by atoms with E-state index < -0.39 is 16.7 Å². The van der Waals surface area contributed by atoms with Gasteiger partial charge in [-0.15, -0.1) is 0 Å². The van der Waals surface area contributed by atoms with Crippen LogP contribution in [0.5, 0.6) is 5.75 Å². The van der Waals surface area contributed by atoms with Crippen LogP contribution in [0.1, 0.15) is 42.1 Å². The maximum absolute atomic E-state index is 12.1. The minimum absolute atomic E-state index is 0.0591. The number of nitrogens with zero attached hydrogens (tertiary/aromatic N) is 1. The molecule has 0 spiro atoms. The number of non-ortho nitro benzene ring substituents is 1. The number of nitrogens with one attached hydrogen (secondary N) is 3. The highest BCUT2D eigenvalue weighted by atomic mass is 32.1. The molecule has 0 radical (unpaired) electrons. The van der Waals surface area contributed by atoms with Gasteiger partial charge in [0, 0.05) is 17.7 Å². The predicted molar refractivity (Wildman–Crippen MR) is 115 cm³/mol. The van der Waals surface area contributed by atoms with Crippen molar-refractivity contribution in [2.45, 2.75) is 26.2 Å². The van der Waals surface area contributed by atoms with Crippen LogP contribution in [0.4, 0.5) is 5.69 Å². The number of nitro benzene ring substituents is 1. The standard InChI is InChI=1S/C20H22N4O5S/c1-3-13(2)14-7-9-17(10-8-14)29-12-18(25)22-23-20(30)21-19(26)15-5-4-6-16(11-15)24(27)28/h4-11,13H,3,12H2,1-2H3,(H,22,25)(H2,21,23,26,30)/t13-/m1/s1. The van der Waals surface area contributed by atoms with Crippen molar-refractivity contribution in [3.8, 4) is 5.75 Å². The largest absolute Gasteiger partial charge is 0.484 e. The molecular weight excluding hydrogens is 408 g/mol. The Balaban J connectivity index is 1.76. The topological polar surface area (TPSA) is 123 Å². The highest BCUT2D eigenvalue weighted by Gasteiger charge is 2.13. The molecule has 0 bridgehead atoms. The lowest BCUT2D eigenvalue weighted by Crippen LogP contribution is -2.49. The fourth-order valence-corrected chi connectivity index (χ4v) is 2.55. The van der Waals surface area contributed by atoms with Crippen molar-refractivity contribution in [1.29, 1.82) is 0 Å². The van der Waals surface area contributed by atoms with Crippen LogP contribution in [0.15, 0.2) is 48.5 Å². The Labute approximate surface area is 178 Å². The number of rotatable bonds is 7.